The highest BCUT2D eigenvalue weighted by Crippen LogP contribution is 2.64. The minimum Gasteiger partial charge on any atom is -0.416 e. The second-order valence-electron chi connectivity index (χ2n) is 15.2. The normalized spacial score (nSPS) is 33.3. The Hall–Kier alpha value is 0.0538. The van der Waals surface area contributed by atoms with E-state index in [0.29, 0.717) is 12.0 Å². The van der Waals surface area contributed by atoms with E-state index in [4.69, 9.17) is 8.85 Å². The molecule has 0 unspecified atom stereocenters. The number of rotatable bonds is 9. The zero-order valence-corrected chi connectivity index (χ0v) is 27.9. The lowest BCUT2D eigenvalue weighted by Crippen LogP contribution is -2.57. The molecule has 3 aliphatic rings. The SMILES string of the molecule is CC[Si](CC)(CC)OC[C@@]1(CO)CCC2=C(CC[C@H]3C(C)(C)[C@@H](O[Si](C)(C)C(C)(C)C)CC[C@]23C)C1. The van der Waals surface area contributed by atoms with Crippen LogP contribution in [-0.2, 0) is 8.85 Å². The average molecular weight is 537 g/mol. The van der Waals surface area contributed by atoms with Gasteiger partial charge >= 0.3 is 0 Å². The van der Waals surface area contributed by atoms with Crippen LogP contribution in [0.25, 0.3) is 0 Å². The van der Waals surface area contributed by atoms with Crippen molar-refractivity contribution < 1.29 is 14.0 Å². The van der Waals surface area contributed by atoms with Crippen LogP contribution in [0, 0.1) is 22.2 Å². The lowest BCUT2D eigenvalue weighted by Gasteiger charge is -2.60. The summed E-state index contributed by atoms with van der Waals surface area (Å²) in [5.74, 6) is 0.672. The lowest BCUT2D eigenvalue weighted by molar-refractivity contribution is -0.0862. The number of fused-ring (bicyclic) bond motifs is 2. The van der Waals surface area contributed by atoms with Crippen molar-refractivity contribution in [3.8, 4) is 0 Å². The highest BCUT2D eigenvalue weighted by atomic mass is 28.4. The molecule has 0 aromatic rings. The van der Waals surface area contributed by atoms with Gasteiger partial charge in [-0.05, 0) is 98.0 Å². The van der Waals surface area contributed by atoms with E-state index < -0.39 is 16.6 Å². The van der Waals surface area contributed by atoms with Crippen molar-refractivity contribution in [3.05, 3.63) is 11.1 Å². The molecule has 0 heterocycles. The van der Waals surface area contributed by atoms with Gasteiger partial charge in [-0.3, -0.25) is 0 Å². The molecule has 4 atom stereocenters. The summed E-state index contributed by atoms with van der Waals surface area (Å²) in [5, 5.41) is 10.9. The van der Waals surface area contributed by atoms with Crippen LogP contribution in [0.2, 0.25) is 36.3 Å². The van der Waals surface area contributed by atoms with Crippen LogP contribution in [0.4, 0.5) is 0 Å². The molecule has 0 spiro atoms. The molecule has 210 valence electrons. The van der Waals surface area contributed by atoms with Gasteiger partial charge in [0.15, 0.2) is 16.6 Å². The Morgan fingerprint density at radius 1 is 0.944 bits per heavy atom. The Kier molecular flexibility index (Phi) is 8.97. The van der Waals surface area contributed by atoms with Crippen LogP contribution in [0.15, 0.2) is 11.1 Å². The number of aliphatic hydroxyl groups excluding tert-OH is 1. The first-order chi connectivity index (χ1) is 16.6. The molecule has 1 fully saturated rings. The number of hydrogen-bond acceptors (Lipinski definition) is 3. The second kappa shape index (κ2) is 10.6. The van der Waals surface area contributed by atoms with Crippen molar-refractivity contribution >= 4 is 16.6 Å². The van der Waals surface area contributed by atoms with Gasteiger partial charge in [0, 0.05) is 12.0 Å². The van der Waals surface area contributed by atoms with Gasteiger partial charge in [-0.1, -0.05) is 73.5 Å². The minimum absolute atomic E-state index is 0.0715. The second-order valence-corrected chi connectivity index (χ2v) is 24.7. The first kappa shape index (κ1) is 30.6. The van der Waals surface area contributed by atoms with Crippen molar-refractivity contribution in [1.29, 1.82) is 0 Å². The molecular formula is C31H60O3Si2. The van der Waals surface area contributed by atoms with Gasteiger partial charge in [-0.2, -0.15) is 0 Å². The van der Waals surface area contributed by atoms with Gasteiger partial charge < -0.3 is 14.0 Å². The van der Waals surface area contributed by atoms with Gasteiger partial charge in [0.2, 0.25) is 0 Å². The molecule has 0 amide bonds. The Bertz CT molecular complexity index is 799. The van der Waals surface area contributed by atoms with Crippen molar-refractivity contribution in [1.82, 2.24) is 0 Å². The summed E-state index contributed by atoms with van der Waals surface area (Å²) < 4.78 is 13.9. The van der Waals surface area contributed by atoms with Crippen LogP contribution in [-0.4, -0.2) is 41.1 Å². The van der Waals surface area contributed by atoms with Gasteiger partial charge in [0.05, 0.1) is 12.7 Å². The Labute approximate surface area is 226 Å². The van der Waals surface area contributed by atoms with E-state index in [1.807, 2.05) is 0 Å². The fourth-order valence-electron chi connectivity index (χ4n) is 7.95. The zero-order valence-electron chi connectivity index (χ0n) is 25.9. The summed E-state index contributed by atoms with van der Waals surface area (Å²) in [7, 11) is -3.45. The Balaban J connectivity index is 1.82. The first-order valence-corrected chi connectivity index (χ1v) is 20.6. The predicted octanol–water partition coefficient (Wildman–Crippen LogP) is 9.09. The summed E-state index contributed by atoms with van der Waals surface area (Å²) >= 11 is 0. The minimum atomic E-state index is -1.81. The Morgan fingerprint density at radius 2 is 1.56 bits per heavy atom. The molecule has 0 radical (unpaired) electrons. The maximum atomic E-state index is 10.6. The van der Waals surface area contributed by atoms with E-state index in [-0.39, 0.29) is 27.9 Å². The fraction of sp³-hybridized carbons (Fsp3) is 0.935. The van der Waals surface area contributed by atoms with Crippen LogP contribution in [0.1, 0.15) is 107 Å². The van der Waals surface area contributed by atoms with Crippen LogP contribution < -0.4 is 0 Å². The molecule has 0 saturated heterocycles. The lowest BCUT2D eigenvalue weighted by atomic mass is 9.47. The fourth-order valence-corrected chi connectivity index (χ4v) is 12.2. The maximum absolute atomic E-state index is 10.6. The van der Waals surface area contributed by atoms with Gasteiger partial charge in [0.25, 0.3) is 0 Å². The third-order valence-corrected chi connectivity index (χ3v) is 21.1. The number of allylic oxidation sites excluding steroid dienone is 2. The molecule has 0 aromatic heterocycles. The van der Waals surface area contributed by atoms with Gasteiger partial charge in [-0.25, -0.2) is 0 Å². The molecule has 5 heteroatoms. The number of aliphatic hydroxyl groups is 1. The van der Waals surface area contributed by atoms with Gasteiger partial charge in [-0.15, -0.1) is 0 Å². The molecule has 3 aliphatic carbocycles. The first-order valence-electron chi connectivity index (χ1n) is 15.2. The summed E-state index contributed by atoms with van der Waals surface area (Å²) in [5.41, 5.74) is 3.82. The third-order valence-electron chi connectivity index (χ3n) is 12.0. The molecule has 1 saturated carbocycles. The summed E-state index contributed by atoms with van der Waals surface area (Å²) in [6.07, 6.45) is 8.53. The Morgan fingerprint density at radius 3 is 2.08 bits per heavy atom. The maximum Gasteiger partial charge on any atom is 0.192 e. The van der Waals surface area contributed by atoms with Crippen LogP contribution in [0.5, 0.6) is 0 Å². The van der Waals surface area contributed by atoms with Crippen molar-refractivity contribution in [2.75, 3.05) is 13.2 Å². The summed E-state index contributed by atoms with van der Waals surface area (Å²) in [4.78, 5) is 0. The molecule has 3 rings (SSSR count). The quantitative estimate of drug-likeness (QED) is 0.236. The molecule has 3 nitrogen and oxygen atoms in total. The molecule has 0 aromatic carbocycles. The molecular weight excluding hydrogens is 477 g/mol. The predicted molar refractivity (Wildman–Crippen MR) is 159 cm³/mol. The summed E-state index contributed by atoms with van der Waals surface area (Å²) in [6, 6.07) is 3.55. The van der Waals surface area contributed by atoms with Gasteiger partial charge in [0.1, 0.15) is 0 Å². The molecule has 1 N–H and O–H groups in total. The van der Waals surface area contributed by atoms with E-state index in [9.17, 15) is 5.11 Å². The monoisotopic (exact) mass is 536 g/mol. The van der Waals surface area contributed by atoms with E-state index >= 15 is 0 Å². The molecule has 0 aliphatic heterocycles. The topological polar surface area (TPSA) is 38.7 Å². The van der Waals surface area contributed by atoms with E-state index in [0.717, 1.165) is 25.9 Å². The van der Waals surface area contributed by atoms with Crippen molar-refractivity contribution in [2.24, 2.45) is 22.2 Å². The van der Waals surface area contributed by atoms with Crippen LogP contribution >= 0.6 is 0 Å². The van der Waals surface area contributed by atoms with Crippen molar-refractivity contribution in [3.63, 3.8) is 0 Å². The van der Waals surface area contributed by atoms with E-state index in [2.05, 4.69) is 75.4 Å². The smallest absolute Gasteiger partial charge is 0.192 e. The average Bonchev–Trinajstić information content (AvgIpc) is 2.81. The van der Waals surface area contributed by atoms with E-state index in [1.54, 1.807) is 11.1 Å². The highest BCUT2D eigenvalue weighted by molar-refractivity contribution is 6.74. The van der Waals surface area contributed by atoms with Crippen LogP contribution in [0.3, 0.4) is 0 Å². The largest absolute Gasteiger partial charge is 0.416 e. The standard InChI is InChI=1S/C31H60O3Si2/c1-12-36(13-2,14-3)33-23-31(22-32)20-17-25-24(21-31)15-16-26-29(7,8)27(18-19-30(25,26)9)34-35(10,11)28(4,5)6/h26-27,32H,12-23H2,1-11H3/t26-,27-,30+,31-/m0/s1. The van der Waals surface area contributed by atoms with Crippen molar-refractivity contribution in [2.45, 2.75) is 150 Å². The highest BCUT2D eigenvalue weighted by Gasteiger charge is 2.57. The summed E-state index contributed by atoms with van der Waals surface area (Å²) in [6.45, 7) is 27.5. The van der Waals surface area contributed by atoms with E-state index in [1.165, 1.54) is 43.8 Å². The zero-order chi connectivity index (χ0) is 27.2. The molecule has 0 bridgehead atoms. The number of hydrogen-bond donors (Lipinski definition) is 1. The third kappa shape index (κ3) is 5.39. The molecule has 36 heavy (non-hydrogen) atoms.